The van der Waals surface area contributed by atoms with E-state index >= 15 is 0 Å². The van der Waals surface area contributed by atoms with E-state index in [0.717, 1.165) is 12.1 Å². The average molecular weight is 264 g/mol. The molecule has 0 aromatic heterocycles. The third-order valence-electron chi connectivity index (χ3n) is 3.57. The Morgan fingerprint density at radius 2 is 1.82 bits per heavy atom. The van der Waals surface area contributed by atoms with Crippen LogP contribution >= 0.6 is 11.6 Å². The summed E-state index contributed by atoms with van der Waals surface area (Å²) in [5.41, 5.74) is 5.50. The molecule has 1 aromatic rings. The van der Waals surface area contributed by atoms with E-state index in [1.54, 1.807) is 0 Å². The number of hydrogen-bond acceptors (Lipinski definition) is 1. The van der Waals surface area contributed by atoms with Crippen molar-refractivity contribution in [1.29, 1.82) is 0 Å². The maximum atomic E-state index is 12.6. The highest BCUT2D eigenvalue weighted by molar-refractivity contribution is 6.31. The Kier molecular flexibility index (Phi) is 2.71. The molecule has 17 heavy (non-hydrogen) atoms. The minimum absolute atomic E-state index is 0.0997. The van der Waals surface area contributed by atoms with E-state index < -0.39 is 11.7 Å². The van der Waals surface area contributed by atoms with E-state index in [1.807, 2.05) is 13.8 Å². The first kappa shape index (κ1) is 12.7. The molecule has 2 N–H and O–H groups in total. The zero-order valence-corrected chi connectivity index (χ0v) is 10.2. The second-order valence-electron chi connectivity index (χ2n) is 5.06. The number of rotatable bonds is 1. The molecule has 1 aromatic carbocycles. The summed E-state index contributed by atoms with van der Waals surface area (Å²) < 4.78 is 37.8. The fourth-order valence-corrected chi connectivity index (χ4v) is 2.47. The van der Waals surface area contributed by atoms with E-state index in [9.17, 15) is 13.2 Å². The molecule has 5 heteroatoms. The van der Waals surface area contributed by atoms with Gasteiger partial charge in [-0.2, -0.15) is 13.2 Å². The highest BCUT2D eigenvalue weighted by Crippen LogP contribution is 2.58. The number of benzene rings is 1. The summed E-state index contributed by atoms with van der Waals surface area (Å²) >= 11 is 5.95. The minimum atomic E-state index is -4.34. The van der Waals surface area contributed by atoms with Crippen molar-refractivity contribution >= 4 is 11.6 Å². The van der Waals surface area contributed by atoms with Crippen LogP contribution in [0.1, 0.15) is 30.9 Å². The van der Waals surface area contributed by atoms with Gasteiger partial charge >= 0.3 is 6.18 Å². The smallest absolute Gasteiger partial charge is 0.327 e. The van der Waals surface area contributed by atoms with E-state index in [1.165, 1.54) is 6.07 Å². The molecule has 0 radical (unpaired) electrons. The highest BCUT2D eigenvalue weighted by atomic mass is 35.5. The Labute approximate surface area is 103 Å². The molecule has 94 valence electrons. The van der Waals surface area contributed by atoms with E-state index in [0.29, 0.717) is 10.6 Å². The van der Waals surface area contributed by atoms with E-state index in [-0.39, 0.29) is 17.4 Å². The number of halogens is 4. The Balaban J connectivity index is 2.42. The predicted octanol–water partition coefficient (Wildman–Crippen LogP) is 3.81. The van der Waals surface area contributed by atoms with Crippen molar-refractivity contribution in [2.24, 2.45) is 11.1 Å². The average Bonchev–Trinajstić information content (AvgIpc) is 2.66. The summed E-state index contributed by atoms with van der Waals surface area (Å²) in [7, 11) is 0. The molecular formula is C12H13ClF3N. The maximum absolute atomic E-state index is 12.6. The molecule has 0 heterocycles. The van der Waals surface area contributed by atoms with Gasteiger partial charge in [0.25, 0.3) is 0 Å². The molecule has 1 aliphatic carbocycles. The topological polar surface area (TPSA) is 26.0 Å². The van der Waals surface area contributed by atoms with Gasteiger partial charge in [0.2, 0.25) is 0 Å². The molecule has 0 aliphatic heterocycles. The summed E-state index contributed by atoms with van der Waals surface area (Å²) in [5.74, 6) is -0.0997. The molecule has 0 saturated heterocycles. The predicted molar refractivity (Wildman–Crippen MR) is 61.0 cm³/mol. The third kappa shape index (κ3) is 2.04. The van der Waals surface area contributed by atoms with Crippen molar-refractivity contribution in [2.45, 2.75) is 32.0 Å². The van der Waals surface area contributed by atoms with Crippen molar-refractivity contribution in [3.05, 3.63) is 34.3 Å². The highest BCUT2D eigenvalue weighted by Gasteiger charge is 2.57. The number of hydrogen-bond donors (Lipinski definition) is 1. The van der Waals surface area contributed by atoms with Crippen molar-refractivity contribution in [1.82, 2.24) is 0 Å². The van der Waals surface area contributed by atoms with Crippen molar-refractivity contribution < 1.29 is 13.2 Å². The lowest BCUT2D eigenvalue weighted by molar-refractivity contribution is -0.137. The largest absolute Gasteiger partial charge is 0.416 e. The fraction of sp³-hybridized carbons (Fsp3) is 0.500. The molecule has 0 bridgehead atoms. The zero-order chi connectivity index (χ0) is 13.0. The Hall–Kier alpha value is -0.740. The van der Waals surface area contributed by atoms with Gasteiger partial charge in [-0.3, -0.25) is 0 Å². The zero-order valence-electron chi connectivity index (χ0n) is 9.48. The van der Waals surface area contributed by atoms with Crippen LogP contribution in [0, 0.1) is 5.41 Å². The Morgan fingerprint density at radius 3 is 2.24 bits per heavy atom. The first-order valence-electron chi connectivity index (χ1n) is 5.28. The van der Waals surface area contributed by atoms with Gasteiger partial charge in [-0.1, -0.05) is 25.4 Å². The monoisotopic (exact) mass is 263 g/mol. The van der Waals surface area contributed by atoms with Crippen LogP contribution in [0.2, 0.25) is 5.02 Å². The molecule has 0 amide bonds. The molecular weight excluding hydrogens is 251 g/mol. The summed E-state index contributed by atoms with van der Waals surface area (Å²) in [5, 5.41) is 0.351. The lowest BCUT2D eigenvalue weighted by Crippen LogP contribution is -2.07. The first-order valence-corrected chi connectivity index (χ1v) is 5.65. The second-order valence-corrected chi connectivity index (χ2v) is 5.47. The molecule has 2 unspecified atom stereocenters. The van der Waals surface area contributed by atoms with E-state index in [2.05, 4.69) is 0 Å². The quantitative estimate of drug-likeness (QED) is 0.819. The van der Waals surface area contributed by atoms with Gasteiger partial charge in [-0.05, 0) is 29.2 Å². The Morgan fingerprint density at radius 1 is 1.29 bits per heavy atom. The lowest BCUT2D eigenvalue weighted by Gasteiger charge is -2.11. The van der Waals surface area contributed by atoms with Crippen molar-refractivity contribution in [3.63, 3.8) is 0 Å². The van der Waals surface area contributed by atoms with Crippen LogP contribution in [0.3, 0.4) is 0 Å². The van der Waals surface area contributed by atoms with Crippen LogP contribution < -0.4 is 5.73 Å². The number of alkyl halides is 3. The van der Waals surface area contributed by atoms with Crippen LogP contribution in [0.25, 0.3) is 0 Å². The second kappa shape index (κ2) is 3.62. The molecule has 1 aliphatic rings. The minimum Gasteiger partial charge on any atom is -0.327 e. The third-order valence-corrected chi connectivity index (χ3v) is 3.91. The summed E-state index contributed by atoms with van der Waals surface area (Å²) in [6.45, 7) is 3.86. The summed E-state index contributed by atoms with van der Waals surface area (Å²) in [4.78, 5) is 0. The summed E-state index contributed by atoms with van der Waals surface area (Å²) in [6.07, 6.45) is -4.34. The van der Waals surface area contributed by atoms with Gasteiger partial charge in [0.1, 0.15) is 0 Å². The van der Waals surface area contributed by atoms with Gasteiger partial charge in [0, 0.05) is 17.0 Å². The molecule has 2 rings (SSSR count). The maximum Gasteiger partial charge on any atom is 0.416 e. The lowest BCUT2D eigenvalue weighted by atomic mass is 10.0. The molecule has 1 nitrogen and oxygen atoms in total. The first-order chi connectivity index (χ1) is 7.65. The van der Waals surface area contributed by atoms with Gasteiger partial charge in [-0.15, -0.1) is 0 Å². The van der Waals surface area contributed by atoms with Crippen LogP contribution in [0.4, 0.5) is 13.2 Å². The molecule has 1 fully saturated rings. The van der Waals surface area contributed by atoms with E-state index in [4.69, 9.17) is 17.3 Å². The fourth-order valence-electron chi connectivity index (χ4n) is 2.23. The van der Waals surface area contributed by atoms with Crippen LogP contribution in [0.5, 0.6) is 0 Å². The van der Waals surface area contributed by atoms with Gasteiger partial charge < -0.3 is 5.73 Å². The van der Waals surface area contributed by atoms with Crippen LogP contribution in [0.15, 0.2) is 18.2 Å². The Bertz CT molecular complexity index is 454. The molecule has 2 atom stereocenters. The van der Waals surface area contributed by atoms with Crippen molar-refractivity contribution in [2.75, 3.05) is 0 Å². The standard InChI is InChI=1S/C12H13ClF3N/c1-11(2)9(10(11)17)7-5-6(12(14,15)16)3-4-8(7)13/h3-5,9-10H,17H2,1-2H3. The van der Waals surface area contributed by atoms with Gasteiger partial charge in [0.05, 0.1) is 5.56 Å². The van der Waals surface area contributed by atoms with Gasteiger partial charge in [0.15, 0.2) is 0 Å². The number of nitrogens with two attached hydrogens (primary N) is 1. The molecule has 1 saturated carbocycles. The SMILES string of the molecule is CC1(C)C(N)C1c1cc(C(F)(F)F)ccc1Cl. The van der Waals surface area contributed by atoms with Crippen molar-refractivity contribution in [3.8, 4) is 0 Å². The normalized spacial score (nSPS) is 27.0. The van der Waals surface area contributed by atoms with Crippen LogP contribution in [-0.2, 0) is 6.18 Å². The summed E-state index contributed by atoms with van der Waals surface area (Å²) in [6, 6.07) is 3.26. The van der Waals surface area contributed by atoms with Crippen LogP contribution in [-0.4, -0.2) is 6.04 Å². The molecule has 0 spiro atoms. The van der Waals surface area contributed by atoms with Gasteiger partial charge in [-0.25, -0.2) is 0 Å².